The van der Waals surface area contributed by atoms with Gasteiger partial charge in [-0.25, -0.2) is 13.4 Å². The van der Waals surface area contributed by atoms with Crippen molar-refractivity contribution in [1.82, 2.24) is 14.3 Å². The Morgan fingerprint density at radius 1 is 0.971 bits per heavy atom. The average molecular weight is 482 g/mol. The number of aryl methyl sites for hydroxylation is 2. The number of benzene rings is 2. The van der Waals surface area contributed by atoms with Crippen molar-refractivity contribution in [2.24, 2.45) is 0 Å². The van der Waals surface area contributed by atoms with Gasteiger partial charge in [-0.2, -0.15) is 9.29 Å². The van der Waals surface area contributed by atoms with Gasteiger partial charge in [0.2, 0.25) is 21.8 Å². The molecule has 1 amide bonds. The number of aromatic nitrogens is 2. The van der Waals surface area contributed by atoms with Crippen molar-refractivity contribution in [2.45, 2.75) is 25.7 Å². The van der Waals surface area contributed by atoms with E-state index < -0.39 is 10.0 Å². The number of hydrogen-bond donors (Lipinski definition) is 1. The van der Waals surface area contributed by atoms with Crippen LogP contribution in [0.4, 0.5) is 11.5 Å². The average Bonchev–Trinajstić information content (AvgIpc) is 2.79. The van der Waals surface area contributed by atoms with Gasteiger partial charge in [-0.05, 0) is 49.7 Å². The maximum absolute atomic E-state index is 13.3. The summed E-state index contributed by atoms with van der Waals surface area (Å²) >= 11 is 0. The van der Waals surface area contributed by atoms with E-state index in [-0.39, 0.29) is 10.8 Å². The van der Waals surface area contributed by atoms with Gasteiger partial charge in [-0.15, -0.1) is 0 Å². The summed E-state index contributed by atoms with van der Waals surface area (Å²) in [7, 11) is -3.66. The van der Waals surface area contributed by atoms with Gasteiger partial charge < -0.3 is 15.0 Å². The number of sulfonamides is 1. The molecule has 4 rings (SSSR count). The summed E-state index contributed by atoms with van der Waals surface area (Å²) in [6, 6.07) is 16.0. The Labute approximate surface area is 199 Å². The van der Waals surface area contributed by atoms with E-state index in [4.69, 9.17) is 4.74 Å². The highest BCUT2D eigenvalue weighted by molar-refractivity contribution is 7.89. The Hall–Kier alpha value is -3.50. The Morgan fingerprint density at radius 3 is 2.32 bits per heavy atom. The number of nitrogens with one attached hydrogen (secondary N) is 1. The number of nitrogens with zero attached hydrogens (tertiary/aromatic N) is 4. The molecule has 34 heavy (non-hydrogen) atoms. The van der Waals surface area contributed by atoms with Crippen LogP contribution < -0.4 is 15.0 Å². The van der Waals surface area contributed by atoms with E-state index in [1.54, 1.807) is 38.1 Å². The molecular formula is C24H27N5O4S. The fraction of sp³-hybridized carbons (Fsp3) is 0.292. The molecule has 178 valence electrons. The molecule has 1 N–H and O–H groups in total. The smallest absolute Gasteiger partial charge is 0.243 e. The van der Waals surface area contributed by atoms with Crippen molar-refractivity contribution in [3.63, 3.8) is 0 Å². The van der Waals surface area contributed by atoms with Gasteiger partial charge in [0.1, 0.15) is 17.4 Å². The fourth-order valence-electron chi connectivity index (χ4n) is 3.87. The molecule has 0 bridgehead atoms. The first-order valence-electron chi connectivity index (χ1n) is 10.9. The molecule has 1 fully saturated rings. The van der Waals surface area contributed by atoms with Crippen molar-refractivity contribution >= 4 is 27.4 Å². The van der Waals surface area contributed by atoms with E-state index >= 15 is 0 Å². The highest BCUT2D eigenvalue weighted by Crippen LogP contribution is 2.27. The number of amides is 1. The Bertz CT molecular complexity index is 1290. The van der Waals surface area contributed by atoms with Crippen LogP contribution in [0.5, 0.6) is 11.6 Å². The van der Waals surface area contributed by atoms with Crippen LogP contribution in [0.15, 0.2) is 59.5 Å². The summed E-state index contributed by atoms with van der Waals surface area (Å²) in [5.74, 6) is 2.20. The molecule has 3 aromatic rings. The van der Waals surface area contributed by atoms with Crippen LogP contribution in [0.25, 0.3) is 0 Å². The van der Waals surface area contributed by atoms with Crippen LogP contribution in [-0.4, -0.2) is 54.8 Å². The molecule has 10 heteroatoms. The standard InChI is InChI=1S/C24H27N5O4S/c1-17-15-20(27-19(3)30)9-10-22(17)34(31,32)29-13-11-28(12-14-29)23-16-24(26-18(2)25-23)33-21-7-5-4-6-8-21/h4-10,15-16H,11-14H2,1-3H3,(H,27,30). The third-order valence-corrected chi connectivity index (χ3v) is 7.50. The topological polar surface area (TPSA) is 105 Å². The zero-order valence-corrected chi connectivity index (χ0v) is 20.2. The minimum atomic E-state index is -3.66. The molecule has 9 nitrogen and oxygen atoms in total. The number of ether oxygens (including phenoxy) is 1. The minimum Gasteiger partial charge on any atom is -0.439 e. The normalized spacial score (nSPS) is 14.6. The fourth-order valence-corrected chi connectivity index (χ4v) is 5.49. The van der Waals surface area contributed by atoms with Crippen LogP contribution >= 0.6 is 0 Å². The summed E-state index contributed by atoms with van der Waals surface area (Å²) < 4.78 is 33.9. The van der Waals surface area contributed by atoms with Gasteiger partial charge in [0, 0.05) is 44.9 Å². The van der Waals surface area contributed by atoms with Crippen LogP contribution in [-0.2, 0) is 14.8 Å². The summed E-state index contributed by atoms with van der Waals surface area (Å²) in [5.41, 5.74) is 1.16. The largest absolute Gasteiger partial charge is 0.439 e. The molecule has 2 heterocycles. The lowest BCUT2D eigenvalue weighted by molar-refractivity contribution is -0.114. The lowest BCUT2D eigenvalue weighted by Crippen LogP contribution is -2.49. The zero-order chi connectivity index (χ0) is 24.3. The maximum atomic E-state index is 13.3. The number of rotatable bonds is 6. The van der Waals surface area contributed by atoms with E-state index in [2.05, 4.69) is 15.3 Å². The van der Waals surface area contributed by atoms with Crippen LogP contribution in [0.1, 0.15) is 18.3 Å². The molecule has 0 atom stereocenters. The second kappa shape index (κ2) is 9.78. The maximum Gasteiger partial charge on any atom is 0.243 e. The van der Waals surface area contributed by atoms with Gasteiger partial charge in [-0.3, -0.25) is 4.79 Å². The first-order chi connectivity index (χ1) is 16.2. The molecule has 1 aromatic heterocycles. The minimum absolute atomic E-state index is 0.205. The number of anilines is 2. The monoisotopic (exact) mass is 481 g/mol. The Balaban J connectivity index is 1.46. The SMILES string of the molecule is CC(=O)Nc1ccc(S(=O)(=O)N2CCN(c3cc(Oc4ccccc4)nc(C)n3)CC2)c(C)c1. The molecular weight excluding hydrogens is 454 g/mol. The quantitative estimate of drug-likeness (QED) is 0.576. The number of hydrogen-bond acceptors (Lipinski definition) is 7. The van der Waals surface area contributed by atoms with Crippen molar-refractivity contribution in [1.29, 1.82) is 0 Å². The summed E-state index contributed by atoms with van der Waals surface area (Å²) in [5, 5.41) is 2.68. The second-order valence-electron chi connectivity index (χ2n) is 8.08. The van der Waals surface area contributed by atoms with Gasteiger partial charge in [0.05, 0.1) is 4.90 Å². The highest BCUT2D eigenvalue weighted by Gasteiger charge is 2.30. The van der Waals surface area contributed by atoms with Gasteiger partial charge >= 0.3 is 0 Å². The van der Waals surface area contributed by atoms with Crippen LogP contribution in [0.2, 0.25) is 0 Å². The molecule has 0 radical (unpaired) electrons. The lowest BCUT2D eigenvalue weighted by Gasteiger charge is -2.35. The Morgan fingerprint density at radius 2 is 1.68 bits per heavy atom. The molecule has 1 aliphatic heterocycles. The molecule has 0 spiro atoms. The first kappa shape index (κ1) is 23.7. The third-order valence-electron chi connectivity index (χ3n) is 5.44. The number of piperazine rings is 1. The number of carbonyl (C=O) groups excluding carboxylic acids is 1. The van der Waals surface area contributed by atoms with Crippen LogP contribution in [0, 0.1) is 13.8 Å². The van der Waals surface area contributed by atoms with E-state index in [9.17, 15) is 13.2 Å². The molecule has 0 aliphatic carbocycles. The van der Waals surface area contributed by atoms with Crippen molar-refractivity contribution in [2.75, 3.05) is 36.4 Å². The van der Waals surface area contributed by atoms with Gasteiger partial charge in [-0.1, -0.05) is 18.2 Å². The number of para-hydroxylation sites is 1. The summed E-state index contributed by atoms with van der Waals surface area (Å²) in [6.45, 7) is 6.57. The molecule has 2 aromatic carbocycles. The van der Waals surface area contributed by atoms with Crippen molar-refractivity contribution < 1.29 is 17.9 Å². The summed E-state index contributed by atoms with van der Waals surface area (Å²) in [4.78, 5) is 22.4. The Kier molecular flexibility index (Phi) is 6.80. The zero-order valence-electron chi connectivity index (χ0n) is 19.4. The predicted octanol–water partition coefficient (Wildman–Crippen LogP) is 3.36. The first-order valence-corrected chi connectivity index (χ1v) is 12.4. The molecule has 1 saturated heterocycles. The highest BCUT2D eigenvalue weighted by atomic mass is 32.2. The van der Waals surface area contributed by atoms with E-state index in [1.165, 1.54) is 11.2 Å². The molecule has 0 saturated carbocycles. The summed E-state index contributed by atoms with van der Waals surface area (Å²) in [6.07, 6.45) is 0. The molecule has 1 aliphatic rings. The van der Waals surface area contributed by atoms with E-state index in [1.807, 2.05) is 35.2 Å². The lowest BCUT2D eigenvalue weighted by atomic mass is 10.2. The van der Waals surface area contributed by atoms with Crippen molar-refractivity contribution in [3.05, 3.63) is 66.0 Å². The van der Waals surface area contributed by atoms with Crippen molar-refractivity contribution in [3.8, 4) is 11.6 Å². The van der Waals surface area contributed by atoms with Crippen LogP contribution in [0.3, 0.4) is 0 Å². The van der Waals surface area contributed by atoms with E-state index in [0.717, 1.165) is 0 Å². The second-order valence-corrected chi connectivity index (χ2v) is 9.99. The van der Waals surface area contributed by atoms with Gasteiger partial charge in [0.25, 0.3) is 0 Å². The predicted molar refractivity (Wildman–Crippen MR) is 130 cm³/mol. The molecule has 0 unspecified atom stereocenters. The third kappa shape index (κ3) is 5.35. The van der Waals surface area contributed by atoms with Gasteiger partial charge in [0.15, 0.2) is 0 Å². The van der Waals surface area contributed by atoms with E-state index in [0.29, 0.717) is 60.7 Å². The number of carbonyl (C=O) groups is 1.